The van der Waals surface area contributed by atoms with Crippen LogP contribution in [0.3, 0.4) is 0 Å². The molecule has 1 unspecified atom stereocenters. The van der Waals surface area contributed by atoms with Crippen LogP contribution in [-0.2, 0) is 29.0 Å². The van der Waals surface area contributed by atoms with E-state index in [1.807, 2.05) is 34.1 Å². The van der Waals surface area contributed by atoms with E-state index in [0.717, 1.165) is 43.6 Å². The first-order valence-corrected chi connectivity index (χ1v) is 9.59. The Bertz CT molecular complexity index is 678. The van der Waals surface area contributed by atoms with Gasteiger partial charge in [0.1, 0.15) is 5.82 Å². The molecule has 5 nitrogen and oxygen atoms in total. The minimum Gasteiger partial charge on any atom is -0.381 e. The highest BCUT2D eigenvalue weighted by atomic mass is 32.1. The molecule has 2 aromatic heterocycles. The second kappa shape index (κ2) is 7.07. The molecule has 4 rings (SSSR count). The fourth-order valence-corrected chi connectivity index (χ4v) is 3.87. The van der Waals surface area contributed by atoms with E-state index in [1.165, 1.54) is 12.8 Å². The number of amides is 1. The van der Waals surface area contributed by atoms with Gasteiger partial charge in [-0.15, -0.1) is 0 Å². The number of carbonyl (C=O) groups excluding carboxylic acids is 1. The maximum atomic E-state index is 12.7. The summed E-state index contributed by atoms with van der Waals surface area (Å²) in [6.07, 6.45) is 6.92. The Morgan fingerprint density at radius 3 is 2.96 bits per heavy atom. The van der Waals surface area contributed by atoms with Crippen LogP contribution in [0.25, 0.3) is 0 Å². The van der Waals surface area contributed by atoms with Crippen LogP contribution < -0.4 is 0 Å². The van der Waals surface area contributed by atoms with E-state index in [-0.39, 0.29) is 5.91 Å². The van der Waals surface area contributed by atoms with E-state index < -0.39 is 0 Å². The Balaban J connectivity index is 1.42. The Hall–Kier alpha value is -1.66. The van der Waals surface area contributed by atoms with Gasteiger partial charge in [0.2, 0.25) is 5.91 Å². The molecule has 1 aliphatic carbocycles. The number of fused-ring (bicyclic) bond motifs is 1. The molecule has 1 saturated carbocycles. The van der Waals surface area contributed by atoms with Gasteiger partial charge in [0, 0.05) is 38.0 Å². The first kappa shape index (κ1) is 15.8. The Labute approximate surface area is 146 Å². The maximum absolute atomic E-state index is 12.7. The number of aromatic nitrogens is 2. The van der Waals surface area contributed by atoms with Gasteiger partial charge in [-0.3, -0.25) is 4.79 Å². The van der Waals surface area contributed by atoms with E-state index in [2.05, 4.69) is 9.55 Å². The number of thiophene rings is 1. The molecule has 128 valence electrons. The van der Waals surface area contributed by atoms with Gasteiger partial charge in [0.25, 0.3) is 0 Å². The van der Waals surface area contributed by atoms with Crippen molar-refractivity contribution in [3.05, 3.63) is 40.6 Å². The lowest BCUT2D eigenvalue weighted by atomic mass is 10.1. The first-order chi connectivity index (χ1) is 11.8. The molecule has 3 heterocycles. The van der Waals surface area contributed by atoms with Gasteiger partial charge < -0.3 is 14.2 Å². The lowest BCUT2D eigenvalue weighted by Crippen LogP contribution is -2.36. The van der Waals surface area contributed by atoms with Crippen molar-refractivity contribution < 1.29 is 9.53 Å². The molecule has 0 saturated heterocycles. The van der Waals surface area contributed by atoms with Crippen molar-refractivity contribution in [1.82, 2.24) is 14.5 Å². The van der Waals surface area contributed by atoms with Crippen molar-refractivity contribution in [3.63, 3.8) is 0 Å². The molecule has 0 bridgehead atoms. The minimum absolute atomic E-state index is 0.178. The Kier molecular flexibility index (Phi) is 4.67. The molecule has 6 heteroatoms. The van der Waals surface area contributed by atoms with Crippen LogP contribution in [0.1, 0.15) is 24.2 Å². The summed E-state index contributed by atoms with van der Waals surface area (Å²) < 4.78 is 8.08. The number of hydrogen-bond acceptors (Lipinski definition) is 4. The number of nitrogens with zero attached hydrogens (tertiary/aromatic N) is 3. The Morgan fingerprint density at radius 2 is 2.17 bits per heavy atom. The molecule has 1 aliphatic heterocycles. The van der Waals surface area contributed by atoms with Gasteiger partial charge in [-0.05, 0) is 41.1 Å². The second-order valence-corrected chi connectivity index (χ2v) is 7.71. The van der Waals surface area contributed by atoms with E-state index >= 15 is 0 Å². The van der Waals surface area contributed by atoms with Crippen LogP contribution in [0.15, 0.2) is 29.2 Å². The summed E-state index contributed by atoms with van der Waals surface area (Å²) >= 11 is 1.64. The van der Waals surface area contributed by atoms with Crippen LogP contribution >= 0.6 is 11.3 Å². The summed E-state index contributed by atoms with van der Waals surface area (Å²) in [6, 6.07) is 2.03. The average Bonchev–Trinajstić information content (AvgIpc) is 3.13. The summed E-state index contributed by atoms with van der Waals surface area (Å²) in [5.41, 5.74) is 1.10. The largest absolute Gasteiger partial charge is 0.381 e. The predicted molar refractivity (Wildman–Crippen MR) is 92.7 cm³/mol. The molecule has 2 aromatic rings. The summed E-state index contributed by atoms with van der Waals surface area (Å²) in [7, 11) is 0. The summed E-state index contributed by atoms with van der Waals surface area (Å²) in [6.45, 7) is 3.81. The third kappa shape index (κ3) is 3.87. The average molecular weight is 345 g/mol. The number of imidazole rings is 1. The normalized spacial score (nSPS) is 20.7. The maximum Gasteiger partial charge on any atom is 0.227 e. The van der Waals surface area contributed by atoms with Gasteiger partial charge in [-0.2, -0.15) is 11.3 Å². The fourth-order valence-electron chi connectivity index (χ4n) is 3.20. The second-order valence-electron chi connectivity index (χ2n) is 6.93. The highest BCUT2D eigenvalue weighted by Gasteiger charge is 2.27. The van der Waals surface area contributed by atoms with Crippen LogP contribution in [0, 0.1) is 11.8 Å². The zero-order valence-electron chi connectivity index (χ0n) is 13.8. The van der Waals surface area contributed by atoms with E-state index in [9.17, 15) is 4.79 Å². The topological polar surface area (TPSA) is 47.4 Å². The minimum atomic E-state index is 0.178. The van der Waals surface area contributed by atoms with Gasteiger partial charge in [0.15, 0.2) is 0 Å². The van der Waals surface area contributed by atoms with Crippen LogP contribution in [-0.4, -0.2) is 40.1 Å². The molecule has 1 fully saturated rings. The molecule has 2 aliphatic rings. The number of rotatable bonds is 6. The Morgan fingerprint density at radius 1 is 1.29 bits per heavy atom. The molecule has 0 spiro atoms. The molecule has 0 N–H and O–H groups in total. The van der Waals surface area contributed by atoms with Crippen molar-refractivity contribution >= 4 is 17.2 Å². The molecule has 0 aromatic carbocycles. The third-order valence-electron chi connectivity index (χ3n) is 4.76. The standard InChI is InChI=1S/C18H23N3O2S/c22-18(7-15-3-6-24-13-15)21-9-16(12-23-11-14-1-2-14)8-20-5-4-19-17(20)10-21/h3-6,13-14,16H,1-2,7-12H2. The zero-order valence-corrected chi connectivity index (χ0v) is 14.6. The van der Waals surface area contributed by atoms with Crippen LogP contribution in [0.5, 0.6) is 0 Å². The van der Waals surface area contributed by atoms with Crippen molar-refractivity contribution in [1.29, 1.82) is 0 Å². The summed E-state index contributed by atoms with van der Waals surface area (Å²) in [4.78, 5) is 19.1. The molecule has 24 heavy (non-hydrogen) atoms. The van der Waals surface area contributed by atoms with Crippen LogP contribution in [0.4, 0.5) is 0 Å². The number of carbonyl (C=O) groups is 1. The molecule has 1 amide bonds. The molecule has 0 radical (unpaired) electrons. The van der Waals surface area contributed by atoms with Gasteiger partial charge in [-0.1, -0.05) is 0 Å². The monoisotopic (exact) mass is 345 g/mol. The third-order valence-corrected chi connectivity index (χ3v) is 5.49. The quantitative estimate of drug-likeness (QED) is 0.808. The number of hydrogen-bond donors (Lipinski definition) is 0. The molecular weight excluding hydrogens is 322 g/mol. The highest BCUT2D eigenvalue weighted by molar-refractivity contribution is 7.07. The first-order valence-electron chi connectivity index (χ1n) is 8.64. The van der Waals surface area contributed by atoms with Gasteiger partial charge >= 0.3 is 0 Å². The SMILES string of the molecule is O=C(Cc1ccsc1)N1Cc2nccn2CC(COCC2CC2)C1. The molecule has 1 atom stereocenters. The van der Waals surface area contributed by atoms with E-state index in [0.29, 0.717) is 18.9 Å². The van der Waals surface area contributed by atoms with Gasteiger partial charge in [0.05, 0.1) is 19.6 Å². The van der Waals surface area contributed by atoms with Crippen molar-refractivity contribution in [2.45, 2.75) is 32.4 Å². The zero-order chi connectivity index (χ0) is 16.4. The van der Waals surface area contributed by atoms with E-state index in [1.54, 1.807) is 11.3 Å². The van der Waals surface area contributed by atoms with Crippen molar-refractivity contribution in [3.8, 4) is 0 Å². The lowest BCUT2D eigenvalue weighted by molar-refractivity contribution is -0.132. The van der Waals surface area contributed by atoms with E-state index in [4.69, 9.17) is 4.74 Å². The highest BCUT2D eigenvalue weighted by Crippen LogP contribution is 2.29. The fraction of sp³-hybridized carbons (Fsp3) is 0.556. The molecular formula is C18H23N3O2S. The summed E-state index contributed by atoms with van der Waals surface area (Å²) in [5.74, 6) is 2.25. The predicted octanol–water partition coefficient (Wildman–Crippen LogP) is 2.57. The number of ether oxygens (including phenoxy) is 1. The van der Waals surface area contributed by atoms with Crippen molar-refractivity contribution in [2.75, 3.05) is 19.8 Å². The smallest absolute Gasteiger partial charge is 0.227 e. The van der Waals surface area contributed by atoms with Crippen molar-refractivity contribution in [2.24, 2.45) is 11.8 Å². The lowest BCUT2D eigenvalue weighted by Gasteiger charge is -2.24. The summed E-state index contributed by atoms with van der Waals surface area (Å²) in [5, 5.41) is 4.07. The van der Waals surface area contributed by atoms with Gasteiger partial charge in [-0.25, -0.2) is 4.98 Å². The van der Waals surface area contributed by atoms with Crippen LogP contribution in [0.2, 0.25) is 0 Å².